The average molecular weight is 315 g/mol. The number of fused-ring (bicyclic) bond motifs is 3. The van der Waals surface area contributed by atoms with E-state index in [2.05, 4.69) is 44.8 Å². The number of rotatable bonds is 1. The molecule has 24 heavy (non-hydrogen) atoms. The molecule has 1 nitrogen and oxygen atoms in total. The van der Waals surface area contributed by atoms with E-state index >= 15 is 0 Å². The van der Waals surface area contributed by atoms with Crippen molar-refractivity contribution in [3.05, 3.63) is 94.4 Å². The molecule has 0 radical (unpaired) electrons. The molecule has 3 aromatic rings. The Morgan fingerprint density at radius 3 is 2.42 bits per heavy atom. The van der Waals surface area contributed by atoms with E-state index in [4.69, 9.17) is 0 Å². The highest BCUT2D eigenvalue weighted by molar-refractivity contribution is 5.93. The molecule has 0 bridgehead atoms. The molecule has 0 atom stereocenters. The molecule has 3 aromatic carbocycles. The lowest BCUT2D eigenvalue weighted by Gasteiger charge is -2.25. The van der Waals surface area contributed by atoms with Gasteiger partial charge in [-0.1, -0.05) is 47.5 Å². The molecule has 0 fully saturated rings. The van der Waals surface area contributed by atoms with Crippen molar-refractivity contribution in [1.82, 2.24) is 0 Å². The maximum atomic E-state index is 13.8. The van der Waals surface area contributed by atoms with Crippen molar-refractivity contribution in [3.8, 4) is 0 Å². The molecule has 1 aliphatic rings. The van der Waals surface area contributed by atoms with Crippen molar-refractivity contribution < 1.29 is 8.97 Å². The fourth-order valence-corrected chi connectivity index (χ4v) is 3.53. The van der Waals surface area contributed by atoms with Crippen LogP contribution in [0.2, 0.25) is 0 Å². The van der Waals surface area contributed by atoms with Crippen molar-refractivity contribution in [1.29, 1.82) is 0 Å². The van der Waals surface area contributed by atoms with Crippen LogP contribution in [0.5, 0.6) is 0 Å². The van der Waals surface area contributed by atoms with Crippen molar-refractivity contribution in [2.45, 2.75) is 13.8 Å². The smallest absolute Gasteiger partial charge is 0.159 e. The monoisotopic (exact) mass is 315 g/mol. The minimum absolute atomic E-state index is 0.214. The molecule has 2 heteroatoms. The molecule has 0 unspecified atom stereocenters. The highest BCUT2D eigenvalue weighted by atomic mass is 19.1. The maximum absolute atomic E-state index is 13.8. The Morgan fingerprint density at radius 2 is 1.67 bits per heavy atom. The van der Waals surface area contributed by atoms with Gasteiger partial charge in [0.2, 0.25) is 0 Å². The van der Waals surface area contributed by atoms with E-state index in [9.17, 15) is 4.39 Å². The topological polar surface area (TPSA) is 3.01 Å². The first-order valence-corrected chi connectivity index (χ1v) is 7.99. The Bertz CT molecular complexity index is 994. The number of hydrogen-bond donors (Lipinski definition) is 0. The largest absolute Gasteiger partial charge is 0.243 e. The van der Waals surface area contributed by atoms with Gasteiger partial charge in [-0.3, -0.25) is 0 Å². The van der Waals surface area contributed by atoms with Crippen LogP contribution in [-0.2, 0) is 0 Å². The van der Waals surface area contributed by atoms with Crippen LogP contribution in [0.1, 0.15) is 27.8 Å². The average Bonchev–Trinajstić information content (AvgIpc) is 2.53. The van der Waals surface area contributed by atoms with Crippen LogP contribution < -0.4 is 0 Å². The summed E-state index contributed by atoms with van der Waals surface area (Å²) in [7, 11) is 0. The van der Waals surface area contributed by atoms with E-state index in [-0.39, 0.29) is 5.82 Å². The summed E-state index contributed by atoms with van der Waals surface area (Å²) in [5.41, 5.74) is 5.68. The minimum Gasteiger partial charge on any atom is -0.243 e. The zero-order chi connectivity index (χ0) is 16.8. The normalized spacial score (nSPS) is 13.5. The zero-order valence-electron chi connectivity index (χ0n) is 13.8. The van der Waals surface area contributed by atoms with Gasteiger partial charge < -0.3 is 0 Å². The highest BCUT2D eigenvalue weighted by Gasteiger charge is 2.25. The molecule has 1 heterocycles. The van der Waals surface area contributed by atoms with Crippen molar-refractivity contribution in [3.63, 3.8) is 0 Å². The van der Waals surface area contributed by atoms with Gasteiger partial charge in [0.05, 0.1) is 6.72 Å². The van der Waals surface area contributed by atoms with E-state index in [1.54, 1.807) is 6.07 Å². The van der Waals surface area contributed by atoms with Crippen molar-refractivity contribution in [2.75, 3.05) is 0 Å². The predicted molar refractivity (Wildman–Crippen MR) is 97.7 cm³/mol. The Morgan fingerprint density at radius 1 is 0.958 bits per heavy atom. The first-order chi connectivity index (χ1) is 11.5. The molecule has 4 rings (SSSR count). The van der Waals surface area contributed by atoms with E-state index in [0.29, 0.717) is 0 Å². The van der Waals surface area contributed by atoms with Gasteiger partial charge in [0.25, 0.3) is 0 Å². The van der Waals surface area contributed by atoms with Crippen molar-refractivity contribution >= 4 is 23.6 Å². The minimum atomic E-state index is -0.214. The van der Waals surface area contributed by atoms with Crippen LogP contribution in [0.25, 0.3) is 16.8 Å². The number of hydrogen-bond acceptors (Lipinski definition) is 0. The van der Waals surface area contributed by atoms with E-state index in [0.717, 1.165) is 33.5 Å². The third-order valence-electron chi connectivity index (χ3n) is 4.48. The molecule has 0 spiro atoms. The van der Waals surface area contributed by atoms with Crippen LogP contribution in [0, 0.1) is 25.7 Å². The summed E-state index contributed by atoms with van der Waals surface area (Å²) in [6, 6.07) is 16.6. The number of aryl methyl sites for hydroxylation is 2. The molecule has 118 valence electrons. The summed E-state index contributed by atoms with van der Waals surface area (Å²) >= 11 is 0. The molecule has 0 N–H and O–H groups in total. The summed E-state index contributed by atoms with van der Waals surface area (Å²) < 4.78 is 15.6. The van der Waals surface area contributed by atoms with Crippen molar-refractivity contribution in [2.24, 2.45) is 0 Å². The van der Waals surface area contributed by atoms with Crippen LogP contribution in [0.3, 0.4) is 0 Å². The first-order valence-electron chi connectivity index (χ1n) is 7.99. The Balaban J connectivity index is 1.99. The van der Waals surface area contributed by atoms with E-state index < -0.39 is 0 Å². The third-order valence-corrected chi connectivity index (χ3v) is 4.48. The second-order valence-electron chi connectivity index (χ2n) is 6.40. The number of halogens is 1. The lowest BCUT2D eigenvalue weighted by molar-refractivity contribution is -0.418. The summed E-state index contributed by atoms with van der Waals surface area (Å²) in [4.78, 5) is 0. The van der Waals surface area contributed by atoms with Crippen LogP contribution >= 0.6 is 0 Å². The first kappa shape index (κ1) is 14.7. The van der Waals surface area contributed by atoms with Crippen LogP contribution in [0.4, 0.5) is 4.39 Å². The summed E-state index contributed by atoms with van der Waals surface area (Å²) in [5, 5.41) is 1.97. The fourth-order valence-electron chi connectivity index (χ4n) is 3.53. The zero-order valence-corrected chi connectivity index (χ0v) is 13.8. The van der Waals surface area contributed by atoms with E-state index in [1.807, 2.05) is 29.0 Å². The van der Waals surface area contributed by atoms with Gasteiger partial charge >= 0.3 is 0 Å². The Kier molecular flexibility index (Phi) is 3.27. The Hall–Kier alpha value is -2.87. The molecular weight excluding hydrogens is 297 g/mol. The molecule has 1 aliphatic heterocycles. The highest BCUT2D eigenvalue weighted by Crippen LogP contribution is 2.36. The lowest BCUT2D eigenvalue weighted by Crippen LogP contribution is -2.19. The maximum Gasteiger partial charge on any atom is 0.159 e. The summed E-state index contributed by atoms with van der Waals surface area (Å²) in [6.45, 7) is 8.34. The standard InChI is InChI=1S/C22H18FN/c1-14-10-15(2)12-17(11-14)22-20-7-5-16-4-6-18(23)13-21(16)19(20)8-9-24(22)3/h4-13H,3H2,1-2H3. The Labute approximate surface area is 141 Å². The molecular formula is C22H18FN. The SMILES string of the molecule is C=[N+]1C=Cc2c(ccc3ccc(F)cc23)[C-]1c1cc(C)cc(C)c1. The van der Waals surface area contributed by atoms with E-state index in [1.165, 1.54) is 17.2 Å². The van der Waals surface area contributed by atoms with Gasteiger partial charge in [0.15, 0.2) is 6.04 Å². The van der Waals surface area contributed by atoms with Crippen LogP contribution in [-0.4, -0.2) is 11.3 Å². The quantitative estimate of drug-likeness (QED) is 0.428. The molecule has 0 saturated heterocycles. The fraction of sp³-hybridized carbons (Fsp3) is 0.0909. The van der Waals surface area contributed by atoms with Gasteiger partial charge in [0, 0.05) is 0 Å². The second-order valence-corrected chi connectivity index (χ2v) is 6.40. The summed E-state index contributed by atoms with van der Waals surface area (Å²) in [6.07, 6.45) is 3.95. The third kappa shape index (κ3) is 2.31. The second kappa shape index (κ2) is 5.34. The lowest BCUT2D eigenvalue weighted by atomic mass is 9.87. The molecule has 0 saturated carbocycles. The molecule has 0 aromatic heterocycles. The van der Waals surface area contributed by atoms with Gasteiger partial charge in [-0.25, -0.2) is 8.97 Å². The van der Waals surface area contributed by atoms with Crippen LogP contribution in [0.15, 0.2) is 54.7 Å². The van der Waals surface area contributed by atoms with Gasteiger partial charge in [0.1, 0.15) is 12.0 Å². The number of nitrogens with zero attached hydrogens (tertiary/aromatic N) is 1. The van der Waals surface area contributed by atoms with Gasteiger partial charge in [-0.15, -0.1) is 0 Å². The van der Waals surface area contributed by atoms with Gasteiger partial charge in [-0.2, -0.15) is 0 Å². The van der Waals surface area contributed by atoms with Gasteiger partial charge in [-0.05, 0) is 59.5 Å². The number of benzene rings is 3. The molecule has 0 aliphatic carbocycles. The summed E-state index contributed by atoms with van der Waals surface area (Å²) in [5.74, 6) is -0.214. The predicted octanol–water partition coefficient (Wildman–Crippen LogP) is 5.22. The molecule has 0 amide bonds.